The average molecular weight is 512 g/mol. The highest BCUT2D eigenvalue weighted by molar-refractivity contribution is 7.27. The summed E-state index contributed by atoms with van der Waals surface area (Å²) in [5.41, 5.74) is 2.06. The first kappa shape index (κ1) is 30.4. The van der Waals surface area contributed by atoms with E-state index in [1.807, 2.05) is 37.3 Å². The highest BCUT2D eigenvalue weighted by Crippen LogP contribution is 2.36. The monoisotopic (exact) mass is 511 g/mol. The van der Waals surface area contributed by atoms with E-state index in [1.165, 1.54) is 5.01 Å². The van der Waals surface area contributed by atoms with E-state index in [1.54, 1.807) is 27.0 Å². The van der Waals surface area contributed by atoms with Crippen molar-refractivity contribution in [2.75, 3.05) is 13.6 Å². The molecule has 1 unspecified atom stereocenters. The van der Waals surface area contributed by atoms with Crippen molar-refractivity contribution in [3.63, 3.8) is 0 Å². The van der Waals surface area contributed by atoms with Crippen molar-refractivity contribution < 1.29 is 28.0 Å². The quantitative estimate of drug-likeness (QED) is 0.246. The van der Waals surface area contributed by atoms with Crippen LogP contribution in [-0.2, 0) is 22.1 Å². The van der Waals surface area contributed by atoms with Crippen molar-refractivity contribution in [3.05, 3.63) is 59.1 Å². The van der Waals surface area contributed by atoms with Crippen LogP contribution in [0.2, 0.25) is 0 Å². The first-order chi connectivity index (χ1) is 16.4. The fourth-order valence-electron chi connectivity index (χ4n) is 3.47. The number of benzene rings is 1. The standard InChI is InChI=1S/C23H31F2N2O3P.C2H5NO/c1-16(11-17(2)21-12-18(3)30-22(21)23(4,24)25)7-6-10-27(29)26(15-28)14-19-8-5-9-20(31)13-19;1-3-2-4/h5,8-9,11-13,15-16,29H,6-7,10,14,31H2,1-4H3;2H,1H3,(H,3,4)/b17-11+;/t16-;/m0./s1. The second-order valence-electron chi connectivity index (χ2n) is 8.41. The van der Waals surface area contributed by atoms with Gasteiger partial charge in [0.2, 0.25) is 12.8 Å². The lowest BCUT2D eigenvalue weighted by Crippen LogP contribution is -2.39. The number of hydroxylamine groups is 1. The molecule has 1 aromatic carbocycles. The highest BCUT2D eigenvalue weighted by Gasteiger charge is 2.32. The summed E-state index contributed by atoms with van der Waals surface area (Å²) in [6.45, 7) is 6.81. The molecule has 0 fully saturated rings. The van der Waals surface area contributed by atoms with Gasteiger partial charge in [0.1, 0.15) is 5.76 Å². The highest BCUT2D eigenvalue weighted by atomic mass is 31.0. The van der Waals surface area contributed by atoms with Gasteiger partial charge < -0.3 is 9.73 Å². The largest absolute Gasteiger partial charge is 0.459 e. The fraction of sp³-hybridized carbons (Fsp3) is 0.440. The van der Waals surface area contributed by atoms with E-state index in [-0.39, 0.29) is 24.8 Å². The molecule has 194 valence electrons. The fourth-order valence-corrected chi connectivity index (χ4v) is 3.79. The second kappa shape index (κ2) is 14.7. The summed E-state index contributed by atoms with van der Waals surface area (Å²) < 4.78 is 32.9. The molecule has 0 radical (unpaired) electrons. The summed E-state index contributed by atoms with van der Waals surface area (Å²) in [7, 11) is 4.16. The molecule has 1 aromatic heterocycles. The Morgan fingerprint density at radius 2 is 1.97 bits per heavy atom. The minimum absolute atomic E-state index is 0.0976. The number of rotatable bonds is 12. The lowest BCUT2D eigenvalue weighted by molar-refractivity contribution is -0.236. The molecular weight excluding hydrogens is 475 g/mol. The molecule has 2 N–H and O–H groups in total. The lowest BCUT2D eigenvalue weighted by atomic mass is 9.97. The number of nitrogens with one attached hydrogen (secondary N) is 1. The lowest BCUT2D eigenvalue weighted by Gasteiger charge is -2.26. The number of hydrazine groups is 1. The zero-order valence-electron chi connectivity index (χ0n) is 20.9. The maximum absolute atomic E-state index is 13.8. The van der Waals surface area contributed by atoms with Crippen LogP contribution in [-0.4, -0.2) is 41.8 Å². The normalized spacial score (nSPS) is 12.6. The second-order valence-corrected chi connectivity index (χ2v) is 9.07. The van der Waals surface area contributed by atoms with E-state index < -0.39 is 5.92 Å². The van der Waals surface area contributed by atoms with Crippen molar-refractivity contribution in [1.82, 2.24) is 15.5 Å². The Balaban J connectivity index is 0.00000142. The van der Waals surface area contributed by atoms with Crippen LogP contribution in [0.25, 0.3) is 5.57 Å². The number of hydrogen-bond acceptors (Lipinski definition) is 5. The zero-order chi connectivity index (χ0) is 26.6. The Morgan fingerprint density at radius 3 is 2.51 bits per heavy atom. The van der Waals surface area contributed by atoms with Crippen molar-refractivity contribution in [2.24, 2.45) is 5.92 Å². The molecule has 2 amide bonds. The van der Waals surface area contributed by atoms with E-state index >= 15 is 0 Å². The summed E-state index contributed by atoms with van der Waals surface area (Å²) in [6, 6.07) is 9.27. The summed E-state index contributed by atoms with van der Waals surface area (Å²) in [4.78, 5) is 20.5. The number of allylic oxidation sites excluding steroid dienone is 2. The van der Waals surface area contributed by atoms with Gasteiger partial charge in [-0.3, -0.25) is 19.8 Å². The van der Waals surface area contributed by atoms with E-state index in [9.17, 15) is 18.8 Å². The number of amides is 2. The van der Waals surface area contributed by atoms with Crippen LogP contribution in [0.15, 0.2) is 40.8 Å². The number of carbonyl (C=O) groups excluding carboxylic acids is 2. The van der Waals surface area contributed by atoms with Crippen molar-refractivity contribution in [1.29, 1.82) is 0 Å². The van der Waals surface area contributed by atoms with Gasteiger partial charge in [-0.1, -0.05) is 36.4 Å². The summed E-state index contributed by atoms with van der Waals surface area (Å²) in [6.07, 6.45) is 4.49. The van der Waals surface area contributed by atoms with Gasteiger partial charge in [0.15, 0.2) is 5.76 Å². The zero-order valence-corrected chi connectivity index (χ0v) is 22.1. The predicted molar refractivity (Wildman–Crippen MR) is 136 cm³/mol. The molecule has 35 heavy (non-hydrogen) atoms. The number of furan rings is 1. The molecule has 7 nitrogen and oxygen atoms in total. The van der Waals surface area contributed by atoms with Crippen molar-refractivity contribution in [3.8, 4) is 0 Å². The van der Waals surface area contributed by atoms with E-state index in [0.717, 1.165) is 35.0 Å². The maximum atomic E-state index is 13.8. The SMILES string of the molecule is C/C(=C\[C@@H](C)CCCN(O)N(C=O)Cc1cccc(P)c1)c1cc(C)oc1C(C)(F)F.CNC=O. The van der Waals surface area contributed by atoms with E-state index in [4.69, 9.17) is 9.21 Å². The van der Waals surface area contributed by atoms with Gasteiger partial charge >= 0.3 is 5.92 Å². The van der Waals surface area contributed by atoms with Gasteiger partial charge in [-0.05, 0) is 61.2 Å². The molecule has 10 heteroatoms. The molecule has 0 aliphatic rings. The maximum Gasteiger partial charge on any atom is 0.302 e. The smallest absolute Gasteiger partial charge is 0.302 e. The first-order valence-electron chi connectivity index (χ1n) is 11.2. The summed E-state index contributed by atoms with van der Waals surface area (Å²) in [5, 5.41) is 15.6. The average Bonchev–Trinajstić information content (AvgIpc) is 3.20. The van der Waals surface area contributed by atoms with Crippen LogP contribution < -0.4 is 10.6 Å². The third-order valence-corrected chi connectivity index (χ3v) is 5.42. The number of aryl methyl sites for hydroxylation is 1. The van der Waals surface area contributed by atoms with E-state index in [0.29, 0.717) is 30.6 Å². The summed E-state index contributed by atoms with van der Waals surface area (Å²) in [5.74, 6) is -2.82. The van der Waals surface area contributed by atoms with Gasteiger partial charge in [0.25, 0.3) is 0 Å². The van der Waals surface area contributed by atoms with Crippen LogP contribution in [0.5, 0.6) is 0 Å². The molecule has 2 atom stereocenters. The molecule has 0 saturated carbocycles. The molecule has 0 saturated heterocycles. The molecule has 0 spiro atoms. The van der Waals surface area contributed by atoms with Crippen LogP contribution in [0.4, 0.5) is 8.78 Å². The third kappa shape index (κ3) is 10.7. The number of halogens is 2. The number of nitrogens with zero attached hydrogens (tertiary/aromatic N) is 2. The number of alkyl halides is 2. The molecule has 1 heterocycles. The molecule has 2 rings (SSSR count). The van der Waals surface area contributed by atoms with Gasteiger partial charge in [0, 0.05) is 26.1 Å². The van der Waals surface area contributed by atoms with Crippen molar-refractivity contribution >= 4 is 32.9 Å². The molecule has 0 bridgehead atoms. The van der Waals surface area contributed by atoms with Crippen LogP contribution in [0.3, 0.4) is 0 Å². The molecular formula is C25H36F2N3O4P. The Bertz CT molecular complexity index is 976. The summed E-state index contributed by atoms with van der Waals surface area (Å²) >= 11 is 0. The van der Waals surface area contributed by atoms with Gasteiger partial charge in [0.05, 0.1) is 6.54 Å². The Kier molecular flexibility index (Phi) is 12.8. The number of carbonyl (C=O) groups is 2. The molecule has 0 aliphatic heterocycles. The van der Waals surface area contributed by atoms with Crippen molar-refractivity contribution in [2.45, 2.75) is 53.0 Å². The predicted octanol–water partition coefficient (Wildman–Crippen LogP) is 4.65. The minimum Gasteiger partial charge on any atom is -0.459 e. The molecule has 2 aromatic rings. The van der Waals surface area contributed by atoms with Gasteiger partial charge in [-0.2, -0.15) is 8.78 Å². The third-order valence-electron chi connectivity index (χ3n) is 5.06. The Hall–Kier alpha value is -2.61. The minimum atomic E-state index is -3.05. The van der Waals surface area contributed by atoms with E-state index in [2.05, 4.69) is 14.6 Å². The van der Waals surface area contributed by atoms with Crippen LogP contribution in [0, 0.1) is 12.8 Å². The topological polar surface area (TPSA) is 86.0 Å². The van der Waals surface area contributed by atoms with Gasteiger partial charge in [-0.15, -0.1) is 9.24 Å². The van der Waals surface area contributed by atoms with Gasteiger partial charge in [-0.25, -0.2) is 0 Å². The first-order valence-corrected chi connectivity index (χ1v) is 11.8. The Morgan fingerprint density at radius 1 is 1.31 bits per heavy atom. The Labute approximate surface area is 208 Å². The number of hydrogen-bond donors (Lipinski definition) is 2. The molecule has 0 aliphatic carbocycles. The van der Waals surface area contributed by atoms with Crippen LogP contribution in [0.1, 0.15) is 56.3 Å². The van der Waals surface area contributed by atoms with Crippen LogP contribution >= 0.6 is 9.24 Å².